The molecule has 0 aliphatic carbocycles. The maximum atomic E-state index is 13.6. The molecule has 0 saturated heterocycles. The fourth-order valence-corrected chi connectivity index (χ4v) is 1.43. The number of benzene rings is 1. The summed E-state index contributed by atoms with van der Waals surface area (Å²) in [7, 11) is 0. The van der Waals surface area contributed by atoms with Gasteiger partial charge in [-0.25, -0.2) is 13.6 Å². The van der Waals surface area contributed by atoms with Crippen molar-refractivity contribution in [2.45, 2.75) is 13.8 Å². The van der Waals surface area contributed by atoms with Crippen LogP contribution in [0.1, 0.15) is 12.5 Å². The van der Waals surface area contributed by atoms with E-state index in [1.165, 1.54) is 12.1 Å². The van der Waals surface area contributed by atoms with Crippen LogP contribution in [0.2, 0.25) is 0 Å². The van der Waals surface area contributed by atoms with Gasteiger partial charge in [0.15, 0.2) is 5.82 Å². The Bertz CT molecular complexity index is 438. The third kappa shape index (κ3) is 4.82. The zero-order chi connectivity index (χ0) is 14.3. The van der Waals surface area contributed by atoms with Crippen molar-refractivity contribution >= 4 is 11.7 Å². The second kappa shape index (κ2) is 7.68. The van der Waals surface area contributed by atoms with Gasteiger partial charge in [-0.3, -0.25) is 0 Å². The third-order valence-electron chi connectivity index (χ3n) is 2.36. The summed E-state index contributed by atoms with van der Waals surface area (Å²) in [5.74, 6) is -1.74. The molecule has 1 aromatic rings. The minimum absolute atomic E-state index is 0.144. The molecule has 106 valence electrons. The van der Waals surface area contributed by atoms with Gasteiger partial charge in [-0.15, -0.1) is 0 Å². The smallest absolute Gasteiger partial charge is 0.332 e. The second-order valence-corrected chi connectivity index (χ2v) is 3.84. The summed E-state index contributed by atoms with van der Waals surface area (Å²) in [4.78, 5) is 10.9. The Hall–Kier alpha value is -1.69. The Morgan fingerprint density at radius 1 is 1.37 bits per heavy atom. The Kier molecular flexibility index (Phi) is 6.21. The third-order valence-corrected chi connectivity index (χ3v) is 2.36. The predicted octanol–water partition coefficient (Wildman–Crippen LogP) is 2.26. The van der Waals surface area contributed by atoms with Crippen molar-refractivity contribution in [3.8, 4) is 0 Å². The van der Waals surface area contributed by atoms with E-state index in [-0.39, 0.29) is 25.4 Å². The number of nitrogens with one attached hydrogen (secondary N) is 1. The molecule has 1 rings (SSSR count). The van der Waals surface area contributed by atoms with Crippen molar-refractivity contribution < 1.29 is 23.0 Å². The maximum Gasteiger partial charge on any atom is 0.332 e. The minimum Gasteiger partial charge on any atom is -0.464 e. The van der Waals surface area contributed by atoms with Gasteiger partial charge in [0.05, 0.1) is 13.2 Å². The Labute approximate surface area is 110 Å². The first kappa shape index (κ1) is 15.4. The van der Waals surface area contributed by atoms with E-state index in [0.29, 0.717) is 12.2 Å². The lowest BCUT2D eigenvalue weighted by Crippen LogP contribution is -2.17. The van der Waals surface area contributed by atoms with E-state index in [2.05, 4.69) is 10.1 Å². The highest BCUT2D eigenvalue weighted by atomic mass is 19.1. The quantitative estimate of drug-likeness (QED) is 0.611. The number of rotatable bonds is 7. The zero-order valence-corrected chi connectivity index (χ0v) is 11.0. The molecule has 0 heterocycles. The maximum absolute atomic E-state index is 13.6. The van der Waals surface area contributed by atoms with Crippen LogP contribution in [0.3, 0.4) is 0 Å². The van der Waals surface area contributed by atoms with Gasteiger partial charge in [-0.05, 0) is 25.5 Å². The molecule has 0 amide bonds. The molecule has 0 fully saturated rings. The van der Waals surface area contributed by atoms with Gasteiger partial charge >= 0.3 is 5.97 Å². The lowest BCUT2D eigenvalue weighted by molar-refractivity contribution is -0.148. The average Bonchev–Trinajstić information content (AvgIpc) is 2.38. The van der Waals surface area contributed by atoms with Gasteiger partial charge in [-0.1, -0.05) is 6.07 Å². The Morgan fingerprint density at radius 3 is 2.79 bits per heavy atom. The number of anilines is 1. The summed E-state index contributed by atoms with van der Waals surface area (Å²) in [6, 6.07) is 2.56. The van der Waals surface area contributed by atoms with Crippen LogP contribution in [-0.2, 0) is 14.3 Å². The van der Waals surface area contributed by atoms with E-state index in [1.54, 1.807) is 13.8 Å². The molecule has 0 unspecified atom stereocenters. The summed E-state index contributed by atoms with van der Waals surface area (Å²) >= 11 is 0. The fraction of sp³-hybridized carbons (Fsp3) is 0.462. The van der Waals surface area contributed by atoms with Gasteiger partial charge in [0.2, 0.25) is 0 Å². The standard InChI is InChI=1S/C13H17F2NO3/c1-3-19-11(17)8-18-7-6-16-13-10(14)5-4-9(2)12(13)15/h4-5,16H,3,6-8H2,1-2H3. The van der Waals surface area contributed by atoms with Crippen molar-refractivity contribution in [3.63, 3.8) is 0 Å². The van der Waals surface area contributed by atoms with Crippen LogP contribution in [0.5, 0.6) is 0 Å². The molecule has 1 N–H and O–H groups in total. The van der Waals surface area contributed by atoms with E-state index in [1.807, 2.05) is 0 Å². The Balaban J connectivity index is 2.34. The number of esters is 1. The molecule has 0 atom stereocenters. The van der Waals surface area contributed by atoms with E-state index < -0.39 is 17.6 Å². The van der Waals surface area contributed by atoms with Crippen LogP contribution in [0.15, 0.2) is 12.1 Å². The molecule has 0 radical (unpaired) electrons. The van der Waals surface area contributed by atoms with Gasteiger partial charge < -0.3 is 14.8 Å². The van der Waals surface area contributed by atoms with E-state index in [4.69, 9.17) is 4.74 Å². The van der Waals surface area contributed by atoms with Gasteiger partial charge in [0.25, 0.3) is 0 Å². The van der Waals surface area contributed by atoms with Crippen LogP contribution < -0.4 is 5.32 Å². The molecule has 0 aromatic heterocycles. The average molecular weight is 273 g/mol. The highest BCUT2D eigenvalue weighted by Crippen LogP contribution is 2.21. The number of ether oxygens (including phenoxy) is 2. The second-order valence-electron chi connectivity index (χ2n) is 3.84. The minimum atomic E-state index is -0.659. The topological polar surface area (TPSA) is 47.6 Å². The first-order valence-electron chi connectivity index (χ1n) is 5.98. The number of hydrogen-bond acceptors (Lipinski definition) is 4. The van der Waals surface area contributed by atoms with Crippen molar-refractivity contribution in [1.29, 1.82) is 0 Å². The number of carbonyl (C=O) groups excluding carboxylic acids is 1. The predicted molar refractivity (Wildman–Crippen MR) is 67.0 cm³/mol. The summed E-state index contributed by atoms with van der Waals surface area (Å²) in [6.45, 7) is 3.71. The molecular formula is C13H17F2NO3. The number of aryl methyl sites for hydroxylation is 1. The van der Waals surface area contributed by atoms with E-state index >= 15 is 0 Å². The van der Waals surface area contributed by atoms with Crippen LogP contribution in [0.25, 0.3) is 0 Å². The number of carbonyl (C=O) groups is 1. The molecule has 19 heavy (non-hydrogen) atoms. The number of halogens is 2. The molecular weight excluding hydrogens is 256 g/mol. The lowest BCUT2D eigenvalue weighted by Gasteiger charge is -2.10. The van der Waals surface area contributed by atoms with Gasteiger partial charge in [0.1, 0.15) is 18.1 Å². The van der Waals surface area contributed by atoms with Crippen LogP contribution >= 0.6 is 0 Å². The van der Waals surface area contributed by atoms with Crippen molar-refractivity contribution in [2.75, 3.05) is 31.7 Å². The SMILES string of the molecule is CCOC(=O)COCCNc1c(F)ccc(C)c1F. The van der Waals surface area contributed by atoms with Crippen molar-refractivity contribution in [3.05, 3.63) is 29.3 Å². The molecule has 0 spiro atoms. The van der Waals surface area contributed by atoms with E-state index in [0.717, 1.165) is 0 Å². The van der Waals surface area contributed by atoms with Crippen LogP contribution in [0.4, 0.5) is 14.5 Å². The fourth-order valence-electron chi connectivity index (χ4n) is 1.43. The molecule has 1 aromatic carbocycles. The van der Waals surface area contributed by atoms with Crippen molar-refractivity contribution in [1.82, 2.24) is 0 Å². The summed E-state index contributed by atoms with van der Waals surface area (Å²) in [6.07, 6.45) is 0. The first-order chi connectivity index (χ1) is 9.06. The molecule has 0 saturated carbocycles. The monoisotopic (exact) mass is 273 g/mol. The molecule has 6 heteroatoms. The lowest BCUT2D eigenvalue weighted by atomic mass is 10.2. The van der Waals surface area contributed by atoms with Crippen LogP contribution in [-0.4, -0.2) is 32.3 Å². The highest BCUT2D eigenvalue weighted by Gasteiger charge is 2.10. The molecule has 0 bridgehead atoms. The molecule has 0 aliphatic rings. The van der Waals surface area contributed by atoms with Gasteiger partial charge in [-0.2, -0.15) is 0 Å². The van der Waals surface area contributed by atoms with Gasteiger partial charge in [0, 0.05) is 6.54 Å². The van der Waals surface area contributed by atoms with Crippen molar-refractivity contribution in [2.24, 2.45) is 0 Å². The first-order valence-corrected chi connectivity index (χ1v) is 5.98. The Morgan fingerprint density at radius 2 is 2.11 bits per heavy atom. The van der Waals surface area contributed by atoms with E-state index in [9.17, 15) is 13.6 Å². The number of hydrogen-bond donors (Lipinski definition) is 1. The summed E-state index contributed by atoms with van der Waals surface area (Å²) in [5.41, 5.74) is 0.177. The zero-order valence-electron chi connectivity index (χ0n) is 11.0. The molecule has 0 aliphatic heterocycles. The normalized spacial score (nSPS) is 10.3. The largest absolute Gasteiger partial charge is 0.464 e. The van der Waals surface area contributed by atoms with Crippen LogP contribution in [0, 0.1) is 18.6 Å². The highest BCUT2D eigenvalue weighted by molar-refractivity contribution is 5.70. The summed E-state index contributed by atoms with van der Waals surface area (Å²) in [5, 5.41) is 2.60. The molecule has 4 nitrogen and oxygen atoms in total. The summed E-state index contributed by atoms with van der Waals surface area (Å²) < 4.78 is 36.6.